The van der Waals surface area contributed by atoms with Gasteiger partial charge in [-0.05, 0) is 12.8 Å². The zero-order valence-electron chi connectivity index (χ0n) is 5.77. The quantitative estimate of drug-likeness (QED) is 0.520. The highest BCUT2D eigenvalue weighted by Gasteiger charge is 2.08. The van der Waals surface area contributed by atoms with Crippen LogP contribution < -0.4 is 0 Å². The topological polar surface area (TPSA) is 12.5 Å². The van der Waals surface area contributed by atoms with Crippen molar-refractivity contribution in [3.8, 4) is 10.0 Å². The van der Waals surface area contributed by atoms with Gasteiger partial charge >= 0.3 is 0 Å². The molecule has 1 aliphatic rings. The molecule has 3 heteroatoms. The van der Waals surface area contributed by atoms with Gasteiger partial charge in [-0.3, -0.25) is 0 Å². The Kier molecular flexibility index (Phi) is 3.91. The molecule has 10 heavy (non-hydrogen) atoms. The number of hydrogen-bond acceptors (Lipinski definition) is 2. The van der Waals surface area contributed by atoms with Gasteiger partial charge in [0.1, 0.15) is 6.11 Å². The third kappa shape index (κ3) is 2.76. The van der Waals surface area contributed by atoms with Gasteiger partial charge in [0.2, 0.25) is 0 Å². The van der Waals surface area contributed by atoms with Crippen LogP contribution in [0.1, 0.15) is 19.3 Å². The summed E-state index contributed by atoms with van der Waals surface area (Å²) < 4.78 is 2.67. The highest BCUT2D eigenvalue weighted by molar-refractivity contribution is 14.1. The van der Waals surface area contributed by atoms with Crippen molar-refractivity contribution in [3.63, 3.8) is 0 Å². The van der Waals surface area contributed by atoms with E-state index >= 15 is 0 Å². The fourth-order valence-electron chi connectivity index (χ4n) is 1.04. The zero-order valence-corrected chi connectivity index (χ0v) is 7.93. The fraction of sp³-hybridized carbons (Fsp3) is 0.714. The van der Waals surface area contributed by atoms with Crippen molar-refractivity contribution in [2.24, 2.45) is 0 Å². The number of piperidine rings is 1. The molecule has 1 saturated heterocycles. The number of hydroxylamine groups is 2. The maximum absolute atomic E-state index is 5.10. The molecule has 2 nitrogen and oxygen atoms in total. The number of hydrogen-bond donors (Lipinski definition) is 0. The average Bonchev–Trinajstić information content (AvgIpc) is 2.03. The molecule has 1 rings (SSSR count). The van der Waals surface area contributed by atoms with Gasteiger partial charge in [0, 0.05) is 39.6 Å². The minimum atomic E-state index is 1.03. The van der Waals surface area contributed by atoms with E-state index < -0.39 is 0 Å². The predicted octanol–water partition coefficient (Wildman–Crippen LogP) is 1.76. The van der Waals surface area contributed by atoms with Crippen LogP contribution in [0.4, 0.5) is 0 Å². The normalized spacial score (nSPS) is 19.3. The van der Waals surface area contributed by atoms with Gasteiger partial charge < -0.3 is 4.84 Å². The van der Waals surface area contributed by atoms with Crippen LogP contribution in [0.3, 0.4) is 0 Å². The molecule has 0 unspecified atom stereocenters. The minimum absolute atomic E-state index is 1.03. The average molecular weight is 251 g/mol. The summed E-state index contributed by atoms with van der Waals surface area (Å²) in [7, 11) is 0. The molecular weight excluding hydrogens is 241 g/mol. The van der Waals surface area contributed by atoms with Gasteiger partial charge in [0.25, 0.3) is 0 Å². The van der Waals surface area contributed by atoms with Crippen molar-refractivity contribution in [2.45, 2.75) is 19.3 Å². The minimum Gasteiger partial charge on any atom is -0.353 e. The summed E-state index contributed by atoms with van der Waals surface area (Å²) in [5.41, 5.74) is 0. The van der Waals surface area contributed by atoms with E-state index in [1.165, 1.54) is 19.3 Å². The van der Waals surface area contributed by atoms with Crippen LogP contribution in [0.5, 0.6) is 0 Å². The molecule has 0 amide bonds. The molecule has 0 aromatic heterocycles. The monoisotopic (exact) mass is 251 g/mol. The van der Waals surface area contributed by atoms with Crippen molar-refractivity contribution in [1.29, 1.82) is 0 Å². The van der Waals surface area contributed by atoms with E-state index in [1.807, 2.05) is 27.7 Å². The molecule has 0 bridgehead atoms. The second kappa shape index (κ2) is 4.80. The van der Waals surface area contributed by atoms with Crippen LogP contribution in [-0.2, 0) is 4.84 Å². The van der Waals surface area contributed by atoms with Crippen molar-refractivity contribution in [1.82, 2.24) is 5.06 Å². The van der Waals surface area contributed by atoms with Gasteiger partial charge in [-0.25, -0.2) is 0 Å². The number of nitrogens with zero attached hydrogens (tertiary/aromatic N) is 1. The Balaban J connectivity index is 2.17. The summed E-state index contributed by atoms with van der Waals surface area (Å²) in [6.45, 7) is 2.07. The first-order valence-corrected chi connectivity index (χ1v) is 4.54. The van der Waals surface area contributed by atoms with E-state index in [0.717, 1.165) is 13.1 Å². The van der Waals surface area contributed by atoms with Crippen molar-refractivity contribution in [3.05, 3.63) is 0 Å². The van der Waals surface area contributed by atoms with Crippen LogP contribution in [0.2, 0.25) is 0 Å². The standard InChI is InChI=1S/C7H10INO/c8-4-7-10-9-5-2-1-3-6-9/h1-3,5-6H2. The van der Waals surface area contributed by atoms with E-state index in [9.17, 15) is 0 Å². The predicted molar refractivity (Wildman–Crippen MR) is 48.3 cm³/mol. The van der Waals surface area contributed by atoms with Crippen molar-refractivity contribution < 1.29 is 4.84 Å². The van der Waals surface area contributed by atoms with Gasteiger partial charge in [-0.2, -0.15) is 0 Å². The second-order valence-electron chi connectivity index (χ2n) is 2.28. The smallest absolute Gasteiger partial charge is 0.149 e. The first-order chi connectivity index (χ1) is 4.93. The maximum atomic E-state index is 5.10. The molecule has 0 N–H and O–H groups in total. The van der Waals surface area contributed by atoms with Crippen molar-refractivity contribution >= 4 is 22.6 Å². The van der Waals surface area contributed by atoms with Crippen LogP contribution in [-0.4, -0.2) is 18.2 Å². The highest BCUT2D eigenvalue weighted by Crippen LogP contribution is 2.07. The van der Waals surface area contributed by atoms with Crippen LogP contribution in [0, 0.1) is 10.0 Å². The van der Waals surface area contributed by atoms with Gasteiger partial charge in [0.15, 0.2) is 0 Å². The second-order valence-corrected chi connectivity index (χ2v) is 2.82. The SMILES string of the molecule is IC#CON1CCCCC1. The van der Waals surface area contributed by atoms with Crippen LogP contribution in [0.15, 0.2) is 0 Å². The molecule has 1 aliphatic heterocycles. The molecule has 56 valence electrons. The Morgan fingerprint density at radius 2 is 1.90 bits per heavy atom. The summed E-state index contributed by atoms with van der Waals surface area (Å²) >= 11 is 1.97. The lowest BCUT2D eigenvalue weighted by atomic mass is 10.2. The largest absolute Gasteiger partial charge is 0.353 e. The Labute approximate surface area is 75.0 Å². The third-order valence-electron chi connectivity index (χ3n) is 1.53. The van der Waals surface area contributed by atoms with E-state index in [4.69, 9.17) is 4.84 Å². The zero-order chi connectivity index (χ0) is 7.23. The Bertz CT molecular complexity index is 143. The summed E-state index contributed by atoms with van der Waals surface area (Å²) in [6, 6.07) is 0. The first-order valence-electron chi connectivity index (χ1n) is 3.46. The van der Waals surface area contributed by atoms with Gasteiger partial charge in [-0.15, -0.1) is 5.06 Å². The fourth-order valence-corrected chi connectivity index (χ4v) is 1.14. The lowest BCUT2D eigenvalue weighted by Crippen LogP contribution is -2.28. The molecular formula is C7H10INO. The molecule has 0 radical (unpaired) electrons. The van der Waals surface area contributed by atoms with Crippen LogP contribution in [0.25, 0.3) is 0 Å². The highest BCUT2D eigenvalue weighted by atomic mass is 127. The molecule has 0 aromatic carbocycles. The van der Waals surface area contributed by atoms with Gasteiger partial charge in [-0.1, -0.05) is 6.42 Å². The summed E-state index contributed by atoms with van der Waals surface area (Å²) in [6.07, 6.45) is 6.39. The molecule has 0 atom stereocenters. The lowest BCUT2D eigenvalue weighted by Gasteiger charge is -2.22. The number of rotatable bonds is 1. The Morgan fingerprint density at radius 3 is 2.50 bits per heavy atom. The molecule has 1 heterocycles. The maximum Gasteiger partial charge on any atom is 0.149 e. The third-order valence-corrected chi connectivity index (χ3v) is 1.75. The summed E-state index contributed by atoms with van der Waals surface area (Å²) in [5.74, 6) is 0. The lowest BCUT2D eigenvalue weighted by molar-refractivity contribution is -0.101. The molecule has 0 spiro atoms. The van der Waals surface area contributed by atoms with Crippen LogP contribution >= 0.6 is 22.6 Å². The van der Waals surface area contributed by atoms with Crippen molar-refractivity contribution in [2.75, 3.05) is 13.1 Å². The Hall–Kier alpha value is 0.0500. The Morgan fingerprint density at radius 1 is 1.20 bits per heavy atom. The van der Waals surface area contributed by atoms with E-state index in [1.54, 1.807) is 0 Å². The first kappa shape index (κ1) is 8.15. The number of halogens is 1. The van der Waals surface area contributed by atoms with E-state index in [0.29, 0.717) is 0 Å². The molecule has 0 saturated carbocycles. The molecule has 0 aliphatic carbocycles. The van der Waals surface area contributed by atoms with E-state index in [-0.39, 0.29) is 0 Å². The van der Waals surface area contributed by atoms with E-state index in [2.05, 4.69) is 10.0 Å². The van der Waals surface area contributed by atoms with Gasteiger partial charge in [0.05, 0.1) is 0 Å². The molecule has 1 fully saturated rings. The summed E-state index contributed by atoms with van der Waals surface area (Å²) in [5, 5.41) is 1.93. The molecule has 0 aromatic rings. The summed E-state index contributed by atoms with van der Waals surface area (Å²) in [4.78, 5) is 5.10.